The smallest absolute Gasteiger partial charge is 0.426 e. The van der Waals surface area contributed by atoms with Gasteiger partial charge in [0.25, 0.3) is 5.91 Å². The molecule has 13 nitrogen and oxygen atoms in total. The molecule has 0 aromatic heterocycles. The molecule has 0 saturated carbocycles. The Labute approximate surface area is 391 Å². The molecule has 0 radical (unpaired) electrons. The van der Waals surface area contributed by atoms with Gasteiger partial charge in [0, 0.05) is 12.6 Å². The van der Waals surface area contributed by atoms with Crippen LogP contribution in [0.2, 0.25) is 0 Å². The highest BCUT2D eigenvalue weighted by molar-refractivity contribution is 7.53. The second-order valence-corrected chi connectivity index (χ2v) is 21.4. The zero-order valence-electron chi connectivity index (χ0n) is 40.8. The van der Waals surface area contributed by atoms with Crippen molar-refractivity contribution in [2.45, 2.75) is 158 Å². The minimum Gasteiger partial charge on any atom is -0.426 e. The number of unbranched alkanes of at least 4 members (excludes halogenated alkanes) is 5. The number of anilines is 3. The zero-order valence-corrected chi connectivity index (χ0v) is 43.6. The summed E-state index contributed by atoms with van der Waals surface area (Å²) in [7, 11) is -11.0. The van der Waals surface area contributed by atoms with Crippen LogP contribution in [-0.4, -0.2) is 45.5 Å². The third kappa shape index (κ3) is 20.0. The van der Waals surface area contributed by atoms with Crippen molar-refractivity contribution in [2.24, 2.45) is 0 Å². The van der Waals surface area contributed by atoms with Gasteiger partial charge in [-0.3, -0.25) is 18.4 Å². The molecule has 2 aromatic carbocycles. The lowest BCUT2D eigenvalue weighted by Gasteiger charge is -2.26. The summed E-state index contributed by atoms with van der Waals surface area (Å²) in [6, 6.07) is 8.20. The molecule has 1 aliphatic rings. The number of fused-ring (bicyclic) bond motifs is 2. The van der Waals surface area contributed by atoms with Gasteiger partial charge in [-0.05, 0) is 109 Å². The zero-order chi connectivity index (χ0) is 47.7. The third-order valence-electron chi connectivity index (χ3n) is 10.5. The number of phosphoric acid groups is 1. The quantitative estimate of drug-likeness (QED) is 0.0404. The number of hydrogen-bond donors (Lipinski definition) is 1. The standard InChI is InChI=1S/C49H79N2O11P3/c1-10-15-31-56-63(53)61-43-36-42(38-64(54,57-32-16-11-2)58-33-17-12-3)47-45(37-43)51(30-29-41(9)26-21-25-40(8)24-20-23-39(6)7)49(52)44-27-22-28-46(48(44)50-47)62-65(55,59-34-18-13-4)60-35-19-14-5/h22-23,25,27-29,36-37,50,63H,10-21,24,26,30-35,38H2,1-9H3/b40-25+,41-29+. The van der Waals surface area contributed by atoms with E-state index in [1.807, 2.05) is 47.6 Å². The fraction of sp³-hybridized carbons (Fsp3) is 0.612. The SMILES string of the molecule is CCCCO[PH](=O)Oc1cc(CP(=O)(OCCCC)OCCCC)c2c(c1)N(C/C=C(\C)CC/C=C(\C)CCC=C(C)C)C(=O)c1cccc(OP(=O)(OCCCC)OCCCC)c1N2. The van der Waals surface area contributed by atoms with Crippen molar-refractivity contribution in [3.63, 3.8) is 0 Å². The summed E-state index contributed by atoms with van der Waals surface area (Å²) >= 11 is 0. The Morgan fingerprint density at radius 3 is 1.85 bits per heavy atom. The van der Waals surface area contributed by atoms with Crippen molar-refractivity contribution < 1.29 is 50.2 Å². The van der Waals surface area contributed by atoms with Crippen LogP contribution in [0.3, 0.4) is 0 Å². The number of carbonyl (C=O) groups is 1. The van der Waals surface area contributed by atoms with Crippen molar-refractivity contribution in [1.82, 2.24) is 0 Å². The first kappa shape index (κ1) is 56.3. The molecule has 0 bridgehead atoms. The first-order chi connectivity index (χ1) is 31.2. The molecule has 16 heteroatoms. The van der Waals surface area contributed by atoms with Gasteiger partial charge in [-0.15, -0.1) is 0 Å². The molecular formula is C49H79N2O11P3. The van der Waals surface area contributed by atoms with E-state index >= 15 is 4.79 Å². The maximum Gasteiger partial charge on any atom is 0.530 e. The summed E-state index contributed by atoms with van der Waals surface area (Å²) in [5, 5.41) is 3.45. The number of nitrogens with one attached hydrogen (secondary N) is 1. The molecule has 65 heavy (non-hydrogen) atoms. The molecule has 1 atom stereocenters. The third-order valence-corrected chi connectivity index (χ3v) is 14.7. The van der Waals surface area contributed by atoms with Crippen LogP contribution in [0.25, 0.3) is 0 Å². The monoisotopic (exact) mass is 964 g/mol. The minimum atomic E-state index is -4.18. The lowest BCUT2D eigenvalue weighted by atomic mass is 10.1. The molecule has 1 aliphatic heterocycles. The van der Waals surface area contributed by atoms with Gasteiger partial charge in [0.1, 0.15) is 5.75 Å². The van der Waals surface area contributed by atoms with Crippen molar-refractivity contribution in [3.05, 3.63) is 76.4 Å². The molecule has 1 unspecified atom stereocenters. The number of nitrogens with zero attached hydrogens (tertiary/aromatic N) is 1. The Bertz CT molecular complexity index is 1970. The first-order valence-corrected chi connectivity index (χ1v) is 28.3. The van der Waals surface area contributed by atoms with Gasteiger partial charge < -0.3 is 32.8 Å². The van der Waals surface area contributed by atoms with Crippen LogP contribution in [0, 0.1) is 0 Å². The molecule has 0 aliphatic carbocycles. The number of phosphoric ester groups is 1. The number of benzene rings is 2. The van der Waals surface area contributed by atoms with Gasteiger partial charge in [0.2, 0.25) is 0 Å². The number of allylic oxidation sites excluding steroid dienone is 5. The number of amides is 1. The maximum absolute atomic E-state index is 15.1. The van der Waals surface area contributed by atoms with Gasteiger partial charge in [-0.2, -0.15) is 0 Å². The van der Waals surface area contributed by atoms with Crippen LogP contribution >= 0.6 is 23.7 Å². The average Bonchev–Trinajstić information content (AvgIpc) is 3.37. The van der Waals surface area contributed by atoms with Crippen LogP contribution in [0.5, 0.6) is 11.5 Å². The van der Waals surface area contributed by atoms with Gasteiger partial charge >= 0.3 is 23.7 Å². The summed E-state index contributed by atoms with van der Waals surface area (Å²) in [6.07, 6.45) is 17.4. The van der Waals surface area contributed by atoms with Crippen molar-refractivity contribution in [1.29, 1.82) is 0 Å². The first-order valence-electron chi connectivity index (χ1n) is 23.9. The summed E-state index contributed by atoms with van der Waals surface area (Å²) in [5.41, 5.74) is 5.32. The Balaban J connectivity index is 2.27. The fourth-order valence-electron chi connectivity index (χ4n) is 6.57. The topological polar surface area (TPSA) is 148 Å². The van der Waals surface area contributed by atoms with E-state index in [2.05, 4.69) is 38.2 Å². The van der Waals surface area contributed by atoms with Gasteiger partial charge in [-0.1, -0.05) is 108 Å². The van der Waals surface area contributed by atoms with E-state index in [1.165, 1.54) is 11.1 Å². The molecule has 0 fully saturated rings. The van der Waals surface area contributed by atoms with Gasteiger partial charge in [0.15, 0.2) is 5.75 Å². The van der Waals surface area contributed by atoms with E-state index < -0.39 is 29.6 Å². The number of para-hydroxylation sites is 1. The van der Waals surface area contributed by atoms with E-state index in [1.54, 1.807) is 35.2 Å². The van der Waals surface area contributed by atoms with E-state index in [0.717, 1.165) is 63.4 Å². The summed E-state index contributed by atoms with van der Waals surface area (Å²) < 4.78 is 83.9. The predicted octanol–water partition coefficient (Wildman–Crippen LogP) is 15.8. The van der Waals surface area contributed by atoms with Crippen molar-refractivity contribution >= 4 is 46.6 Å². The molecule has 2 aromatic rings. The second-order valence-electron chi connectivity index (χ2n) is 16.8. The van der Waals surface area contributed by atoms with Gasteiger partial charge in [-0.25, -0.2) is 9.13 Å². The van der Waals surface area contributed by atoms with E-state index in [4.69, 9.17) is 31.7 Å². The van der Waals surface area contributed by atoms with E-state index in [-0.39, 0.29) is 68.5 Å². The van der Waals surface area contributed by atoms with Gasteiger partial charge in [0.05, 0.1) is 61.8 Å². The highest BCUT2D eigenvalue weighted by Crippen LogP contribution is 2.57. The Hall–Kier alpha value is -2.98. The highest BCUT2D eigenvalue weighted by Gasteiger charge is 2.36. The predicted molar refractivity (Wildman–Crippen MR) is 267 cm³/mol. The van der Waals surface area contributed by atoms with Crippen molar-refractivity contribution in [2.75, 3.05) is 49.8 Å². The molecule has 0 saturated heterocycles. The molecule has 1 amide bonds. The molecule has 1 N–H and O–H groups in total. The Morgan fingerprint density at radius 1 is 0.708 bits per heavy atom. The summed E-state index contributed by atoms with van der Waals surface area (Å²) in [4.78, 5) is 16.7. The van der Waals surface area contributed by atoms with E-state index in [9.17, 15) is 13.7 Å². The normalized spacial score (nSPS) is 13.8. The minimum absolute atomic E-state index is 0.0701. The summed E-state index contributed by atoms with van der Waals surface area (Å²) in [5.74, 6) is -0.177. The molecule has 3 rings (SSSR count). The Kier molecular flexibility index (Phi) is 26.4. The van der Waals surface area contributed by atoms with Crippen LogP contribution in [0.15, 0.2) is 65.3 Å². The lowest BCUT2D eigenvalue weighted by Crippen LogP contribution is -2.30. The molecular weight excluding hydrogens is 885 g/mol. The molecule has 1 heterocycles. The highest BCUT2D eigenvalue weighted by atomic mass is 31.2. The van der Waals surface area contributed by atoms with E-state index in [0.29, 0.717) is 49.0 Å². The average molecular weight is 965 g/mol. The summed E-state index contributed by atoms with van der Waals surface area (Å²) in [6.45, 7) is 19.6. The van der Waals surface area contributed by atoms with Crippen LogP contribution in [0.1, 0.15) is 168 Å². The molecule has 0 spiro atoms. The van der Waals surface area contributed by atoms with Crippen molar-refractivity contribution in [3.8, 4) is 11.5 Å². The number of hydrogen-bond acceptors (Lipinski definition) is 12. The fourth-order valence-corrected chi connectivity index (χ4v) is 10.3. The maximum atomic E-state index is 15.1. The van der Waals surface area contributed by atoms with Crippen LogP contribution in [-0.2, 0) is 42.5 Å². The van der Waals surface area contributed by atoms with Crippen LogP contribution in [0.4, 0.5) is 17.1 Å². The number of rotatable bonds is 34. The molecule has 366 valence electrons. The number of carbonyl (C=O) groups excluding carboxylic acids is 1. The Morgan fingerprint density at radius 2 is 1.26 bits per heavy atom. The largest absolute Gasteiger partial charge is 0.530 e. The lowest BCUT2D eigenvalue weighted by molar-refractivity contribution is 0.0990. The second kappa shape index (κ2) is 30.4. The van der Waals surface area contributed by atoms with Crippen LogP contribution < -0.4 is 19.3 Å².